The van der Waals surface area contributed by atoms with E-state index in [1.54, 1.807) is 0 Å². The fourth-order valence-electron chi connectivity index (χ4n) is 1.98. The van der Waals surface area contributed by atoms with Crippen LogP contribution in [-0.2, 0) is 15.9 Å². The van der Waals surface area contributed by atoms with Gasteiger partial charge in [0, 0.05) is 38.8 Å². The van der Waals surface area contributed by atoms with E-state index in [1.807, 2.05) is 19.9 Å². The summed E-state index contributed by atoms with van der Waals surface area (Å²) in [6.45, 7) is 10.4. The molecule has 1 aromatic rings. The molecule has 1 aromatic heterocycles. The first-order valence-electron chi connectivity index (χ1n) is 7.75. The molecule has 0 aliphatic heterocycles. The number of hydrogen-bond acceptors (Lipinski definition) is 6. The lowest BCUT2D eigenvalue weighted by molar-refractivity contribution is 0.141. The fourth-order valence-corrected chi connectivity index (χ4v) is 1.98. The zero-order chi connectivity index (χ0) is 15.5. The molecule has 0 spiro atoms. The van der Waals surface area contributed by atoms with Crippen molar-refractivity contribution in [2.45, 2.75) is 33.6 Å². The molecular formula is C15H28N4O2. The van der Waals surface area contributed by atoms with Crippen molar-refractivity contribution in [1.29, 1.82) is 0 Å². The van der Waals surface area contributed by atoms with E-state index in [4.69, 9.17) is 15.2 Å². The number of nitrogens with zero attached hydrogens (tertiary/aromatic N) is 3. The Labute approximate surface area is 127 Å². The van der Waals surface area contributed by atoms with Gasteiger partial charge in [0.05, 0.1) is 13.2 Å². The molecule has 6 heteroatoms. The molecular weight excluding hydrogens is 268 g/mol. The topological polar surface area (TPSA) is 73.5 Å². The Morgan fingerprint density at radius 1 is 1.05 bits per heavy atom. The maximum absolute atomic E-state index is 5.90. The van der Waals surface area contributed by atoms with E-state index in [0.717, 1.165) is 37.6 Å². The molecule has 0 atom stereocenters. The molecule has 0 aliphatic carbocycles. The van der Waals surface area contributed by atoms with Crippen molar-refractivity contribution in [3.63, 3.8) is 0 Å². The van der Waals surface area contributed by atoms with Crippen LogP contribution in [0.3, 0.4) is 0 Å². The van der Waals surface area contributed by atoms with Crippen molar-refractivity contribution < 1.29 is 9.47 Å². The molecule has 0 aromatic carbocycles. The molecule has 0 bridgehead atoms. The monoisotopic (exact) mass is 296 g/mol. The SMILES string of the molecule is CCCc1nc(N)cc(N(CCOCC)CCOCC)n1. The summed E-state index contributed by atoms with van der Waals surface area (Å²) in [6.07, 6.45) is 1.84. The molecule has 0 unspecified atom stereocenters. The van der Waals surface area contributed by atoms with Crippen molar-refractivity contribution in [2.75, 3.05) is 50.2 Å². The summed E-state index contributed by atoms with van der Waals surface area (Å²) in [6, 6.07) is 1.82. The second kappa shape index (κ2) is 10.3. The van der Waals surface area contributed by atoms with Gasteiger partial charge in [-0.15, -0.1) is 0 Å². The average molecular weight is 296 g/mol. The van der Waals surface area contributed by atoms with Gasteiger partial charge in [-0.05, 0) is 20.3 Å². The van der Waals surface area contributed by atoms with Crippen LogP contribution >= 0.6 is 0 Å². The first-order valence-corrected chi connectivity index (χ1v) is 7.75. The number of rotatable bonds is 11. The molecule has 0 fully saturated rings. The quantitative estimate of drug-likeness (QED) is 0.629. The molecule has 120 valence electrons. The first-order chi connectivity index (χ1) is 10.2. The van der Waals surface area contributed by atoms with Crippen LogP contribution in [0.4, 0.5) is 11.6 Å². The summed E-state index contributed by atoms with van der Waals surface area (Å²) in [7, 11) is 0. The minimum atomic E-state index is 0.515. The van der Waals surface area contributed by atoms with Crippen LogP contribution in [-0.4, -0.2) is 49.5 Å². The number of ether oxygens (including phenoxy) is 2. The van der Waals surface area contributed by atoms with Gasteiger partial charge >= 0.3 is 0 Å². The minimum absolute atomic E-state index is 0.515. The Balaban J connectivity index is 2.78. The first kappa shape index (κ1) is 17.7. The van der Waals surface area contributed by atoms with Crippen LogP contribution in [0.2, 0.25) is 0 Å². The second-order valence-corrected chi connectivity index (χ2v) is 4.70. The molecule has 1 rings (SSSR count). The van der Waals surface area contributed by atoms with Crippen LogP contribution in [0.1, 0.15) is 33.0 Å². The lowest BCUT2D eigenvalue weighted by Crippen LogP contribution is -2.32. The molecule has 0 radical (unpaired) electrons. The van der Waals surface area contributed by atoms with Gasteiger partial charge in [-0.2, -0.15) is 0 Å². The predicted octanol–water partition coefficient (Wildman–Crippen LogP) is 1.89. The highest BCUT2D eigenvalue weighted by Crippen LogP contribution is 2.15. The van der Waals surface area contributed by atoms with Gasteiger partial charge in [0.15, 0.2) is 0 Å². The lowest BCUT2D eigenvalue weighted by atomic mass is 10.3. The summed E-state index contributed by atoms with van der Waals surface area (Å²) >= 11 is 0. The highest BCUT2D eigenvalue weighted by molar-refractivity contribution is 5.47. The molecule has 0 amide bonds. The van der Waals surface area contributed by atoms with Crippen molar-refractivity contribution in [2.24, 2.45) is 0 Å². The highest BCUT2D eigenvalue weighted by Gasteiger charge is 2.11. The van der Waals surface area contributed by atoms with E-state index < -0.39 is 0 Å². The third-order valence-corrected chi connectivity index (χ3v) is 3.00. The number of aromatic nitrogens is 2. The van der Waals surface area contributed by atoms with Crippen molar-refractivity contribution in [3.05, 3.63) is 11.9 Å². The zero-order valence-electron chi connectivity index (χ0n) is 13.5. The molecule has 21 heavy (non-hydrogen) atoms. The number of anilines is 2. The lowest BCUT2D eigenvalue weighted by Gasteiger charge is -2.24. The molecule has 0 saturated heterocycles. The third kappa shape index (κ3) is 6.73. The second-order valence-electron chi connectivity index (χ2n) is 4.70. The summed E-state index contributed by atoms with van der Waals surface area (Å²) < 4.78 is 10.9. The number of aryl methyl sites for hydroxylation is 1. The van der Waals surface area contributed by atoms with Gasteiger partial charge in [-0.3, -0.25) is 0 Å². The maximum atomic E-state index is 5.90. The van der Waals surface area contributed by atoms with Gasteiger partial charge in [-0.25, -0.2) is 9.97 Å². The Morgan fingerprint density at radius 2 is 1.67 bits per heavy atom. The van der Waals surface area contributed by atoms with Gasteiger partial charge < -0.3 is 20.1 Å². The van der Waals surface area contributed by atoms with Crippen LogP contribution in [0, 0.1) is 0 Å². The van der Waals surface area contributed by atoms with E-state index in [9.17, 15) is 0 Å². The van der Waals surface area contributed by atoms with Crippen LogP contribution in [0.5, 0.6) is 0 Å². The number of nitrogen functional groups attached to an aromatic ring is 1. The van der Waals surface area contributed by atoms with Crippen LogP contribution in [0.15, 0.2) is 6.07 Å². The van der Waals surface area contributed by atoms with Crippen LogP contribution in [0.25, 0.3) is 0 Å². The van der Waals surface area contributed by atoms with E-state index in [0.29, 0.717) is 32.2 Å². The molecule has 1 heterocycles. The van der Waals surface area contributed by atoms with Gasteiger partial charge in [0.2, 0.25) is 0 Å². The molecule has 0 saturated carbocycles. The Bertz CT molecular complexity index is 391. The number of hydrogen-bond donors (Lipinski definition) is 1. The summed E-state index contributed by atoms with van der Waals surface area (Å²) in [5, 5.41) is 0. The highest BCUT2D eigenvalue weighted by atomic mass is 16.5. The van der Waals surface area contributed by atoms with E-state index >= 15 is 0 Å². The molecule has 0 aliphatic rings. The zero-order valence-corrected chi connectivity index (χ0v) is 13.5. The Kier molecular flexibility index (Phi) is 8.69. The predicted molar refractivity (Wildman–Crippen MR) is 85.6 cm³/mol. The normalized spacial score (nSPS) is 10.8. The van der Waals surface area contributed by atoms with E-state index in [-0.39, 0.29) is 0 Å². The summed E-state index contributed by atoms with van der Waals surface area (Å²) in [5.41, 5.74) is 5.90. The van der Waals surface area contributed by atoms with Crippen molar-refractivity contribution >= 4 is 11.6 Å². The van der Waals surface area contributed by atoms with E-state index in [2.05, 4.69) is 21.8 Å². The van der Waals surface area contributed by atoms with Gasteiger partial charge in [0.1, 0.15) is 17.5 Å². The smallest absolute Gasteiger partial charge is 0.134 e. The third-order valence-electron chi connectivity index (χ3n) is 3.00. The Hall–Kier alpha value is -1.40. The fraction of sp³-hybridized carbons (Fsp3) is 0.733. The van der Waals surface area contributed by atoms with Crippen LogP contribution < -0.4 is 10.6 Å². The summed E-state index contributed by atoms with van der Waals surface area (Å²) in [5.74, 6) is 2.16. The largest absolute Gasteiger partial charge is 0.384 e. The molecule has 6 nitrogen and oxygen atoms in total. The molecule has 2 N–H and O–H groups in total. The average Bonchev–Trinajstić information content (AvgIpc) is 2.46. The van der Waals surface area contributed by atoms with E-state index in [1.165, 1.54) is 0 Å². The Morgan fingerprint density at radius 3 is 2.19 bits per heavy atom. The standard InChI is InChI=1S/C15H28N4O2/c1-4-7-14-17-13(16)12-15(18-14)19(8-10-20-5-2)9-11-21-6-3/h12H,4-11H2,1-3H3,(H2,16,17,18). The van der Waals surface area contributed by atoms with Crippen molar-refractivity contribution in [3.8, 4) is 0 Å². The minimum Gasteiger partial charge on any atom is -0.384 e. The van der Waals surface area contributed by atoms with Gasteiger partial charge in [-0.1, -0.05) is 6.92 Å². The summed E-state index contributed by atoms with van der Waals surface area (Å²) in [4.78, 5) is 11.0. The van der Waals surface area contributed by atoms with Gasteiger partial charge in [0.25, 0.3) is 0 Å². The number of nitrogens with two attached hydrogens (primary N) is 1. The van der Waals surface area contributed by atoms with Crippen molar-refractivity contribution in [1.82, 2.24) is 9.97 Å². The maximum Gasteiger partial charge on any atom is 0.134 e.